The van der Waals surface area contributed by atoms with Gasteiger partial charge in [-0.1, -0.05) is 11.6 Å². The molecular formula is C19H22O4. The first-order valence-electron chi connectivity index (χ1n) is 7.89. The van der Waals surface area contributed by atoms with Gasteiger partial charge in [0.2, 0.25) is 0 Å². The van der Waals surface area contributed by atoms with Gasteiger partial charge in [-0.3, -0.25) is 4.79 Å². The molecule has 1 aromatic rings. The maximum Gasteiger partial charge on any atom is 0.173 e. The second kappa shape index (κ2) is 5.44. The standard InChI is InChI=1S/C19H22O4/c1-11(2)5-6-13-17-12(7-9-19(3,4)23-17)16(21)15-14(20)8-10-22-18(13)15/h5,7,9,21H,6,8,10H2,1-4H3. The predicted octanol–water partition coefficient (Wildman–Crippen LogP) is 4.05. The van der Waals surface area contributed by atoms with Gasteiger partial charge in [-0.2, -0.15) is 0 Å². The molecule has 2 aliphatic heterocycles. The molecule has 0 saturated carbocycles. The number of phenols is 1. The number of ether oxygens (including phenoxy) is 2. The van der Waals surface area contributed by atoms with Crippen LogP contribution >= 0.6 is 0 Å². The van der Waals surface area contributed by atoms with Crippen molar-refractivity contribution in [3.63, 3.8) is 0 Å². The van der Waals surface area contributed by atoms with Crippen molar-refractivity contribution in [2.45, 2.75) is 46.1 Å². The summed E-state index contributed by atoms with van der Waals surface area (Å²) in [7, 11) is 0. The number of phenolic OH excluding ortho intramolecular Hbond substituents is 1. The maximum atomic E-state index is 12.3. The number of carbonyl (C=O) groups is 1. The molecule has 1 N–H and O–H groups in total. The number of fused-ring (bicyclic) bond motifs is 2. The fourth-order valence-corrected chi connectivity index (χ4v) is 2.90. The van der Waals surface area contributed by atoms with Gasteiger partial charge in [0, 0.05) is 12.0 Å². The van der Waals surface area contributed by atoms with Crippen molar-refractivity contribution in [1.82, 2.24) is 0 Å². The van der Waals surface area contributed by atoms with Gasteiger partial charge in [-0.15, -0.1) is 0 Å². The predicted molar refractivity (Wildman–Crippen MR) is 89.4 cm³/mol. The van der Waals surface area contributed by atoms with Crippen LogP contribution in [0.25, 0.3) is 6.08 Å². The highest BCUT2D eigenvalue weighted by molar-refractivity contribution is 6.04. The van der Waals surface area contributed by atoms with Crippen LogP contribution in [0.2, 0.25) is 0 Å². The van der Waals surface area contributed by atoms with E-state index in [1.165, 1.54) is 5.57 Å². The fourth-order valence-electron chi connectivity index (χ4n) is 2.90. The van der Waals surface area contributed by atoms with Gasteiger partial charge >= 0.3 is 0 Å². The maximum absolute atomic E-state index is 12.3. The summed E-state index contributed by atoms with van der Waals surface area (Å²) in [6.07, 6.45) is 6.69. The van der Waals surface area contributed by atoms with E-state index in [0.29, 0.717) is 35.7 Å². The number of rotatable bonds is 2. The highest BCUT2D eigenvalue weighted by atomic mass is 16.5. The summed E-state index contributed by atoms with van der Waals surface area (Å²) in [6, 6.07) is 0. The van der Waals surface area contributed by atoms with E-state index in [2.05, 4.69) is 6.08 Å². The van der Waals surface area contributed by atoms with Crippen molar-refractivity contribution in [3.8, 4) is 17.2 Å². The lowest BCUT2D eigenvalue weighted by atomic mass is 9.90. The lowest BCUT2D eigenvalue weighted by molar-refractivity contribution is 0.0927. The van der Waals surface area contributed by atoms with Gasteiger partial charge in [0.25, 0.3) is 0 Å². The lowest BCUT2D eigenvalue weighted by Gasteiger charge is -2.32. The van der Waals surface area contributed by atoms with Crippen molar-refractivity contribution in [2.24, 2.45) is 0 Å². The summed E-state index contributed by atoms with van der Waals surface area (Å²) in [5.41, 5.74) is 2.40. The molecule has 0 radical (unpaired) electrons. The van der Waals surface area contributed by atoms with E-state index in [-0.39, 0.29) is 18.0 Å². The average Bonchev–Trinajstić information content (AvgIpc) is 2.45. The molecule has 0 bridgehead atoms. The zero-order chi connectivity index (χ0) is 16.8. The van der Waals surface area contributed by atoms with Crippen LogP contribution in [0, 0.1) is 0 Å². The molecule has 0 aliphatic carbocycles. The van der Waals surface area contributed by atoms with Gasteiger partial charge in [0.1, 0.15) is 28.4 Å². The molecule has 4 nitrogen and oxygen atoms in total. The number of allylic oxidation sites excluding steroid dienone is 2. The molecule has 122 valence electrons. The van der Waals surface area contributed by atoms with Gasteiger partial charge in [0.05, 0.1) is 12.2 Å². The second-order valence-electron chi connectivity index (χ2n) is 6.82. The Kier molecular flexibility index (Phi) is 3.71. The Labute approximate surface area is 136 Å². The van der Waals surface area contributed by atoms with Crippen LogP contribution in [0.5, 0.6) is 17.2 Å². The Morgan fingerprint density at radius 2 is 2.09 bits per heavy atom. The van der Waals surface area contributed by atoms with E-state index in [0.717, 1.165) is 5.56 Å². The Morgan fingerprint density at radius 1 is 1.35 bits per heavy atom. The van der Waals surface area contributed by atoms with Crippen molar-refractivity contribution < 1.29 is 19.4 Å². The molecule has 0 amide bonds. The van der Waals surface area contributed by atoms with Gasteiger partial charge < -0.3 is 14.6 Å². The number of carbonyl (C=O) groups excluding carboxylic acids is 1. The molecule has 1 aromatic carbocycles. The number of aromatic hydroxyl groups is 1. The van der Waals surface area contributed by atoms with Crippen LogP contribution in [-0.4, -0.2) is 23.1 Å². The number of benzene rings is 1. The Morgan fingerprint density at radius 3 is 2.78 bits per heavy atom. The van der Waals surface area contributed by atoms with E-state index in [1.54, 1.807) is 0 Å². The number of ketones is 1. The summed E-state index contributed by atoms with van der Waals surface area (Å²) in [6.45, 7) is 8.30. The Hall–Kier alpha value is -2.23. The summed E-state index contributed by atoms with van der Waals surface area (Å²) in [5, 5.41) is 10.6. The molecule has 23 heavy (non-hydrogen) atoms. The summed E-state index contributed by atoms with van der Waals surface area (Å²) >= 11 is 0. The van der Waals surface area contributed by atoms with Crippen LogP contribution in [0.3, 0.4) is 0 Å². The Balaban J connectivity index is 2.28. The van der Waals surface area contributed by atoms with Crippen LogP contribution in [0.15, 0.2) is 17.7 Å². The molecule has 2 heterocycles. The minimum Gasteiger partial charge on any atom is -0.506 e. The van der Waals surface area contributed by atoms with E-state index in [4.69, 9.17) is 9.47 Å². The number of hydrogen-bond donors (Lipinski definition) is 1. The largest absolute Gasteiger partial charge is 0.506 e. The molecule has 0 saturated heterocycles. The van der Waals surface area contributed by atoms with Crippen LogP contribution < -0.4 is 9.47 Å². The molecule has 0 aromatic heterocycles. The Bertz CT molecular complexity index is 734. The third-order valence-corrected chi connectivity index (χ3v) is 4.10. The van der Waals surface area contributed by atoms with Crippen LogP contribution in [-0.2, 0) is 6.42 Å². The van der Waals surface area contributed by atoms with Gasteiger partial charge in [-0.25, -0.2) is 0 Å². The van der Waals surface area contributed by atoms with Gasteiger partial charge in [0.15, 0.2) is 5.78 Å². The molecule has 0 unspecified atom stereocenters. The minimum atomic E-state index is -0.466. The van der Waals surface area contributed by atoms with Crippen molar-refractivity contribution in [2.75, 3.05) is 6.61 Å². The fraction of sp³-hybridized carbons (Fsp3) is 0.421. The first-order valence-corrected chi connectivity index (χ1v) is 7.89. The van der Waals surface area contributed by atoms with E-state index >= 15 is 0 Å². The molecule has 0 spiro atoms. The first-order chi connectivity index (χ1) is 10.8. The molecule has 2 aliphatic rings. The van der Waals surface area contributed by atoms with Crippen LogP contribution in [0.4, 0.5) is 0 Å². The smallest absolute Gasteiger partial charge is 0.173 e. The number of hydrogen-bond acceptors (Lipinski definition) is 4. The molecule has 4 heteroatoms. The molecular weight excluding hydrogens is 292 g/mol. The zero-order valence-corrected chi connectivity index (χ0v) is 14.0. The van der Waals surface area contributed by atoms with Crippen molar-refractivity contribution in [3.05, 3.63) is 34.4 Å². The van der Waals surface area contributed by atoms with E-state index in [1.807, 2.05) is 39.8 Å². The topological polar surface area (TPSA) is 55.8 Å². The average molecular weight is 314 g/mol. The third-order valence-electron chi connectivity index (χ3n) is 4.10. The SMILES string of the molecule is CC(C)=CCc1c2c(c(O)c3c1OCCC3=O)C=CC(C)(C)O2. The minimum absolute atomic E-state index is 0.0348. The normalized spacial score (nSPS) is 17.7. The summed E-state index contributed by atoms with van der Waals surface area (Å²) in [4.78, 5) is 12.3. The summed E-state index contributed by atoms with van der Waals surface area (Å²) in [5.74, 6) is 0.970. The quantitative estimate of drug-likeness (QED) is 0.837. The van der Waals surface area contributed by atoms with Crippen LogP contribution in [0.1, 0.15) is 55.6 Å². The van der Waals surface area contributed by atoms with E-state index < -0.39 is 5.60 Å². The molecule has 3 rings (SSSR count). The number of Topliss-reactive ketones (excluding diaryl/α,β-unsaturated/α-hetero) is 1. The zero-order valence-electron chi connectivity index (χ0n) is 14.0. The monoisotopic (exact) mass is 314 g/mol. The highest BCUT2D eigenvalue weighted by Crippen LogP contribution is 2.49. The second-order valence-corrected chi connectivity index (χ2v) is 6.82. The first kappa shape index (κ1) is 15.7. The summed E-state index contributed by atoms with van der Waals surface area (Å²) < 4.78 is 11.9. The molecule has 0 fully saturated rings. The highest BCUT2D eigenvalue weighted by Gasteiger charge is 2.34. The third kappa shape index (κ3) is 2.74. The molecule has 0 atom stereocenters. The van der Waals surface area contributed by atoms with Crippen molar-refractivity contribution >= 4 is 11.9 Å². The van der Waals surface area contributed by atoms with Gasteiger partial charge in [-0.05, 0) is 46.3 Å². The van der Waals surface area contributed by atoms with Crippen molar-refractivity contribution in [1.29, 1.82) is 0 Å². The van der Waals surface area contributed by atoms with E-state index in [9.17, 15) is 9.90 Å². The lowest BCUT2D eigenvalue weighted by Crippen LogP contribution is -2.29.